The van der Waals surface area contributed by atoms with Gasteiger partial charge >= 0.3 is 5.56 Å². The Morgan fingerprint density at radius 2 is 1.76 bits per heavy atom. The second-order valence-corrected chi connectivity index (χ2v) is 8.60. The van der Waals surface area contributed by atoms with E-state index in [2.05, 4.69) is 40.6 Å². The third-order valence-electron chi connectivity index (χ3n) is 5.80. The molecule has 0 unspecified atom stereocenters. The Labute approximate surface area is 193 Å². The van der Waals surface area contributed by atoms with Gasteiger partial charge in [0.05, 0.1) is 0 Å². The van der Waals surface area contributed by atoms with Gasteiger partial charge < -0.3 is 5.32 Å². The number of aryl methyl sites for hydroxylation is 3. The molecular formula is C26H29N5O2. The summed E-state index contributed by atoms with van der Waals surface area (Å²) in [4.78, 5) is 25.3. The van der Waals surface area contributed by atoms with Crippen molar-refractivity contribution in [3.05, 3.63) is 93.8 Å². The molecular weight excluding hydrogens is 414 g/mol. The van der Waals surface area contributed by atoms with Crippen LogP contribution in [0.1, 0.15) is 48.2 Å². The van der Waals surface area contributed by atoms with Crippen molar-refractivity contribution >= 4 is 11.6 Å². The number of carbonyl (C=O) groups excluding carboxylic acids is 1. The highest BCUT2D eigenvalue weighted by Crippen LogP contribution is 2.14. The van der Waals surface area contributed by atoms with Gasteiger partial charge in [0.15, 0.2) is 0 Å². The Morgan fingerprint density at radius 1 is 1.03 bits per heavy atom. The van der Waals surface area contributed by atoms with Gasteiger partial charge in [0.1, 0.15) is 5.82 Å². The third-order valence-corrected chi connectivity index (χ3v) is 5.80. The summed E-state index contributed by atoms with van der Waals surface area (Å²) in [6.07, 6.45) is 5.15. The van der Waals surface area contributed by atoms with Gasteiger partial charge in [-0.25, -0.2) is 0 Å². The second kappa shape index (κ2) is 9.81. The molecule has 2 heterocycles. The number of hydrogen-bond donors (Lipinski definition) is 1. The Bertz CT molecular complexity index is 1300. The molecule has 7 heteroatoms. The molecule has 4 rings (SSSR count). The van der Waals surface area contributed by atoms with Gasteiger partial charge in [0.2, 0.25) is 11.6 Å². The third kappa shape index (κ3) is 5.19. The number of nitrogens with zero attached hydrogens (tertiary/aromatic N) is 4. The summed E-state index contributed by atoms with van der Waals surface area (Å²) in [5.41, 5.74) is 4.28. The number of aromatic nitrogens is 4. The lowest BCUT2D eigenvalue weighted by atomic mass is 10.0. The molecule has 0 saturated carbocycles. The van der Waals surface area contributed by atoms with Crippen LogP contribution in [0.4, 0.5) is 0 Å². The van der Waals surface area contributed by atoms with Crippen LogP contribution in [0.5, 0.6) is 0 Å². The van der Waals surface area contributed by atoms with Crippen LogP contribution in [-0.2, 0) is 11.2 Å². The van der Waals surface area contributed by atoms with Crippen LogP contribution in [0.3, 0.4) is 0 Å². The average molecular weight is 444 g/mol. The molecule has 33 heavy (non-hydrogen) atoms. The summed E-state index contributed by atoms with van der Waals surface area (Å²) in [7, 11) is 0. The fraction of sp³-hybridized carbons (Fsp3) is 0.308. The molecule has 0 aliphatic carbocycles. The smallest absolute Gasteiger partial charge is 0.300 e. The summed E-state index contributed by atoms with van der Waals surface area (Å²) in [6.45, 7) is 6.72. The summed E-state index contributed by atoms with van der Waals surface area (Å²) in [5.74, 6) is 0.957. The van der Waals surface area contributed by atoms with Crippen molar-refractivity contribution in [1.82, 2.24) is 24.5 Å². The SMILES string of the molecule is Cc1cc(C)cc(-n2ccn3c(CCCC(=O)NC[C@@H](C)c4ccccc4)nnc3c2=O)c1. The standard InChI is InChI=1S/C26H29N5O2/c1-18-14-19(2)16-22(15-18)30-12-13-31-23(28-29-25(31)26(30)33)10-7-11-24(32)27-17-20(3)21-8-5-4-6-9-21/h4-6,8-9,12-16,20H,7,10-11,17H2,1-3H3,(H,27,32)/t20-/m1/s1. The van der Waals surface area contributed by atoms with Gasteiger partial charge in [0.25, 0.3) is 0 Å². The quantitative estimate of drug-likeness (QED) is 0.450. The summed E-state index contributed by atoms with van der Waals surface area (Å²) < 4.78 is 3.31. The number of nitrogens with one attached hydrogen (secondary N) is 1. The Morgan fingerprint density at radius 3 is 2.48 bits per heavy atom. The zero-order chi connectivity index (χ0) is 23.4. The Balaban J connectivity index is 1.37. The van der Waals surface area contributed by atoms with Crippen molar-refractivity contribution in [2.45, 2.75) is 46.0 Å². The number of hydrogen-bond acceptors (Lipinski definition) is 4. The molecule has 0 radical (unpaired) electrons. The first-order chi connectivity index (χ1) is 15.9. The van der Waals surface area contributed by atoms with E-state index in [4.69, 9.17) is 0 Å². The molecule has 0 fully saturated rings. The number of rotatable bonds is 8. The van der Waals surface area contributed by atoms with Crippen molar-refractivity contribution in [1.29, 1.82) is 0 Å². The van der Waals surface area contributed by atoms with E-state index in [0.717, 1.165) is 16.8 Å². The highest BCUT2D eigenvalue weighted by atomic mass is 16.1. The highest BCUT2D eigenvalue weighted by molar-refractivity contribution is 5.75. The van der Waals surface area contributed by atoms with Gasteiger partial charge in [-0.05, 0) is 55.0 Å². The van der Waals surface area contributed by atoms with Crippen molar-refractivity contribution in [2.24, 2.45) is 0 Å². The number of amides is 1. The normalized spacial score (nSPS) is 12.1. The molecule has 1 atom stereocenters. The molecule has 0 saturated heterocycles. The molecule has 4 aromatic rings. The summed E-state index contributed by atoms with van der Waals surface area (Å²) in [6, 6.07) is 16.2. The van der Waals surface area contributed by atoms with Crippen molar-refractivity contribution in [3.8, 4) is 5.69 Å². The molecule has 0 spiro atoms. The van der Waals surface area contributed by atoms with Gasteiger partial charge in [-0.3, -0.25) is 18.6 Å². The second-order valence-electron chi connectivity index (χ2n) is 8.60. The molecule has 170 valence electrons. The van der Waals surface area contributed by atoms with E-state index in [1.807, 2.05) is 50.4 Å². The number of carbonyl (C=O) groups is 1. The molecule has 1 N–H and O–H groups in total. The minimum Gasteiger partial charge on any atom is -0.356 e. The van der Waals surface area contributed by atoms with Crippen LogP contribution >= 0.6 is 0 Å². The highest BCUT2D eigenvalue weighted by Gasteiger charge is 2.13. The molecule has 1 amide bonds. The van der Waals surface area contributed by atoms with E-state index in [0.29, 0.717) is 31.6 Å². The van der Waals surface area contributed by atoms with E-state index in [9.17, 15) is 9.59 Å². The number of fused-ring (bicyclic) bond motifs is 1. The topological polar surface area (TPSA) is 81.3 Å². The molecule has 0 bridgehead atoms. The fourth-order valence-electron chi connectivity index (χ4n) is 4.06. The van der Waals surface area contributed by atoms with E-state index in [1.54, 1.807) is 15.2 Å². The van der Waals surface area contributed by atoms with Crippen LogP contribution in [0.15, 0.2) is 65.7 Å². The minimum absolute atomic E-state index is 0.0174. The van der Waals surface area contributed by atoms with Crippen LogP contribution in [0.2, 0.25) is 0 Å². The lowest BCUT2D eigenvalue weighted by molar-refractivity contribution is -0.121. The van der Waals surface area contributed by atoms with Crippen LogP contribution < -0.4 is 10.9 Å². The fourth-order valence-corrected chi connectivity index (χ4v) is 4.06. The van der Waals surface area contributed by atoms with Crippen LogP contribution in [0, 0.1) is 13.8 Å². The lowest BCUT2D eigenvalue weighted by Crippen LogP contribution is -2.27. The maximum Gasteiger partial charge on any atom is 0.300 e. The van der Waals surface area contributed by atoms with Gasteiger partial charge in [0, 0.05) is 37.5 Å². The monoisotopic (exact) mass is 443 g/mol. The zero-order valence-corrected chi connectivity index (χ0v) is 19.3. The van der Waals surface area contributed by atoms with Crippen LogP contribution in [0.25, 0.3) is 11.3 Å². The first kappa shape index (κ1) is 22.5. The lowest BCUT2D eigenvalue weighted by Gasteiger charge is -2.13. The number of benzene rings is 2. The largest absolute Gasteiger partial charge is 0.356 e. The zero-order valence-electron chi connectivity index (χ0n) is 19.3. The van der Waals surface area contributed by atoms with E-state index >= 15 is 0 Å². The molecule has 2 aromatic heterocycles. The van der Waals surface area contributed by atoms with Crippen molar-refractivity contribution in [2.75, 3.05) is 6.54 Å². The average Bonchev–Trinajstić information content (AvgIpc) is 3.21. The Hall–Kier alpha value is -3.74. The predicted molar refractivity (Wildman–Crippen MR) is 129 cm³/mol. The maximum atomic E-state index is 13.0. The molecule has 2 aromatic carbocycles. The van der Waals surface area contributed by atoms with E-state index < -0.39 is 0 Å². The first-order valence-corrected chi connectivity index (χ1v) is 11.3. The first-order valence-electron chi connectivity index (χ1n) is 11.3. The van der Waals surface area contributed by atoms with Gasteiger partial charge in [-0.15, -0.1) is 10.2 Å². The minimum atomic E-state index is -0.214. The maximum absolute atomic E-state index is 13.0. The molecule has 0 aliphatic rings. The van der Waals surface area contributed by atoms with E-state index in [-0.39, 0.29) is 23.0 Å². The summed E-state index contributed by atoms with van der Waals surface area (Å²) in [5, 5.41) is 11.3. The van der Waals surface area contributed by atoms with Crippen molar-refractivity contribution in [3.63, 3.8) is 0 Å². The van der Waals surface area contributed by atoms with Crippen LogP contribution in [-0.4, -0.2) is 31.6 Å². The summed E-state index contributed by atoms with van der Waals surface area (Å²) >= 11 is 0. The predicted octanol–water partition coefficient (Wildman–Crippen LogP) is 3.74. The molecule has 7 nitrogen and oxygen atoms in total. The van der Waals surface area contributed by atoms with E-state index in [1.165, 1.54) is 5.56 Å². The van der Waals surface area contributed by atoms with Crippen molar-refractivity contribution < 1.29 is 4.79 Å². The molecule has 0 aliphatic heterocycles. The Kier molecular flexibility index (Phi) is 6.68. The van der Waals surface area contributed by atoms with Gasteiger partial charge in [-0.2, -0.15) is 0 Å². The van der Waals surface area contributed by atoms with Gasteiger partial charge in [-0.1, -0.05) is 43.3 Å².